The number of amides is 2. The molecule has 1 saturated heterocycles. The first-order valence-electron chi connectivity index (χ1n) is 5.94. The number of halogens is 2. The highest BCUT2D eigenvalue weighted by Gasteiger charge is 2.61. The largest absolute Gasteiger partial charge is 0.383 e. The number of likely N-dealkylation sites (tertiary alicyclic amines) is 1. The molecular weight excluding hydrogens is 246 g/mol. The quantitative estimate of drug-likeness (QED) is 0.745. The summed E-state index contributed by atoms with van der Waals surface area (Å²) in [6, 6.07) is -0.906. The van der Waals surface area contributed by atoms with E-state index in [2.05, 4.69) is 0 Å². The summed E-state index contributed by atoms with van der Waals surface area (Å²) in [5.74, 6) is -5.77. The fourth-order valence-electron chi connectivity index (χ4n) is 2.24. The van der Waals surface area contributed by atoms with Crippen molar-refractivity contribution in [3.8, 4) is 0 Å². The van der Waals surface area contributed by atoms with Gasteiger partial charge in [0, 0.05) is 13.6 Å². The number of carbonyl (C=O) groups excluding carboxylic acids is 2. The zero-order chi connectivity index (χ0) is 13.6. The van der Waals surface area contributed by atoms with E-state index in [1.54, 1.807) is 7.05 Å². The van der Waals surface area contributed by atoms with Crippen LogP contribution in [-0.2, 0) is 9.59 Å². The van der Waals surface area contributed by atoms with Crippen LogP contribution in [0.15, 0.2) is 0 Å². The van der Waals surface area contributed by atoms with E-state index in [0.717, 1.165) is 0 Å². The summed E-state index contributed by atoms with van der Waals surface area (Å²) in [7, 11) is 1.55. The number of aliphatic hydroxyl groups is 1. The van der Waals surface area contributed by atoms with E-state index in [0.29, 0.717) is 19.4 Å². The maximum Gasteiger partial charge on any atom is 0.352 e. The van der Waals surface area contributed by atoms with Gasteiger partial charge in [-0.25, -0.2) is 0 Å². The van der Waals surface area contributed by atoms with E-state index in [1.165, 1.54) is 4.90 Å². The normalized spacial score (nSPS) is 27.0. The molecule has 0 aromatic carbocycles. The van der Waals surface area contributed by atoms with Gasteiger partial charge in [-0.1, -0.05) is 0 Å². The van der Waals surface area contributed by atoms with E-state index in [9.17, 15) is 23.5 Å². The average Bonchev–Trinajstić information content (AvgIpc) is 2.57. The standard InChI is InChI=1S/C11H16F2N2O3/c1-15-6-3-7(8(15)16)14-9(17)11(12,13)10(18)4-2-5-10/h7,18H,2-6H2,1H3,(H,14,17). The lowest BCUT2D eigenvalue weighted by Crippen LogP contribution is -2.62. The van der Waals surface area contributed by atoms with Crippen LogP contribution in [0.1, 0.15) is 25.7 Å². The van der Waals surface area contributed by atoms with Crippen molar-refractivity contribution in [1.82, 2.24) is 10.2 Å². The molecule has 1 saturated carbocycles. The number of hydrogen-bond donors (Lipinski definition) is 2. The summed E-state index contributed by atoms with van der Waals surface area (Å²) in [5, 5.41) is 11.6. The Bertz CT molecular complexity index is 382. The minimum Gasteiger partial charge on any atom is -0.383 e. The molecule has 0 aromatic rings. The summed E-state index contributed by atoms with van der Waals surface area (Å²) in [6.07, 6.45) is 0.609. The fourth-order valence-corrected chi connectivity index (χ4v) is 2.24. The highest BCUT2D eigenvalue weighted by molar-refractivity contribution is 5.92. The number of nitrogens with one attached hydrogen (secondary N) is 1. The predicted octanol–water partition coefficient (Wildman–Crippen LogP) is -0.116. The topological polar surface area (TPSA) is 69.6 Å². The predicted molar refractivity (Wildman–Crippen MR) is 57.9 cm³/mol. The Morgan fingerprint density at radius 2 is 2.17 bits per heavy atom. The van der Waals surface area contributed by atoms with Crippen LogP contribution in [0.2, 0.25) is 0 Å². The molecule has 5 nitrogen and oxygen atoms in total. The maximum absolute atomic E-state index is 13.7. The number of carbonyl (C=O) groups is 2. The molecule has 0 bridgehead atoms. The van der Waals surface area contributed by atoms with Crippen molar-refractivity contribution in [3.63, 3.8) is 0 Å². The molecule has 7 heteroatoms. The molecule has 18 heavy (non-hydrogen) atoms. The highest BCUT2D eigenvalue weighted by Crippen LogP contribution is 2.44. The summed E-state index contributed by atoms with van der Waals surface area (Å²) < 4.78 is 27.5. The van der Waals surface area contributed by atoms with Crippen molar-refractivity contribution in [1.29, 1.82) is 0 Å². The number of alkyl halides is 2. The van der Waals surface area contributed by atoms with Crippen molar-refractivity contribution in [3.05, 3.63) is 0 Å². The van der Waals surface area contributed by atoms with E-state index < -0.39 is 23.5 Å². The van der Waals surface area contributed by atoms with Gasteiger partial charge >= 0.3 is 5.92 Å². The first-order chi connectivity index (χ1) is 8.28. The van der Waals surface area contributed by atoms with Gasteiger partial charge in [-0.2, -0.15) is 8.78 Å². The molecule has 0 aromatic heterocycles. The van der Waals surface area contributed by atoms with Crippen LogP contribution in [0.5, 0.6) is 0 Å². The second kappa shape index (κ2) is 4.15. The lowest BCUT2D eigenvalue weighted by Gasteiger charge is -2.41. The Kier molecular flexibility index (Phi) is 3.04. The molecule has 0 radical (unpaired) electrons. The maximum atomic E-state index is 13.7. The second-order valence-electron chi connectivity index (χ2n) is 5.03. The third kappa shape index (κ3) is 1.86. The van der Waals surface area contributed by atoms with Crippen LogP contribution >= 0.6 is 0 Å². The lowest BCUT2D eigenvalue weighted by atomic mass is 9.75. The minimum atomic E-state index is -3.84. The first-order valence-corrected chi connectivity index (χ1v) is 5.94. The fraction of sp³-hybridized carbons (Fsp3) is 0.818. The molecule has 102 valence electrons. The van der Waals surface area contributed by atoms with Crippen LogP contribution in [0.25, 0.3) is 0 Å². The molecule has 1 aliphatic carbocycles. The van der Waals surface area contributed by atoms with Crippen molar-refractivity contribution >= 4 is 11.8 Å². The van der Waals surface area contributed by atoms with Gasteiger partial charge in [0.15, 0.2) is 0 Å². The Morgan fingerprint density at radius 3 is 2.56 bits per heavy atom. The van der Waals surface area contributed by atoms with Gasteiger partial charge in [0.2, 0.25) is 5.91 Å². The molecule has 2 amide bonds. The number of likely N-dealkylation sites (N-methyl/N-ethyl adjacent to an activating group) is 1. The Balaban J connectivity index is 2.02. The molecular formula is C11H16F2N2O3. The number of nitrogens with zero attached hydrogens (tertiary/aromatic N) is 1. The van der Waals surface area contributed by atoms with Crippen molar-refractivity contribution < 1.29 is 23.5 Å². The SMILES string of the molecule is CN1CCC(NC(=O)C(F)(F)C2(O)CCC2)C1=O. The Morgan fingerprint density at radius 1 is 1.56 bits per heavy atom. The van der Waals surface area contributed by atoms with Gasteiger partial charge in [0.25, 0.3) is 5.91 Å². The summed E-state index contributed by atoms with van der Waals surface area (Å²) in [6.45, 7) is 0.430. The van der Waals surface area contributed by atoms with Crippen molar-refractivity contribution in [2.45, 2.75) is 43.2 Å². The Labute approximate surface area is 103 Å². The third-order valence-electron chi connectivity index (χ3n) is 3.78. The Hall–Kier alpha value is -1.24. The van der Waals surface area contributed by atoms with Crippen molar-refractivity contribution in [2.24, 2.45) is 0 Å². The lowest BCUT2D eigenvalue weighted by molar-refractivity contribution is -0.216. The number of rotatable bonds is 3. The second-order valence-corrected chi connectivity index (χ2v) is 5.03. The molecule has 1 heterocycles. The molecule has 1 aliphatic heterocycles. The highest BCUT2D eigenvalue weighted by atomic mass is 19.3. The van der Waals surface area contributed by atoms with Crippen LogP contribution in [0.4, 0.5) is 8.78 Å². The molecule has 2 fully saturated rings. The molecule has 1 atom stereocenters. The van der Waals surface area contributed by atoms with Gasteiger partial charge in [-0.15, -0.1) is 0 Å². The molecule has 2 rings (SSSR count). The third-order valence-corrected chi connectivity index (χ3v) is 3.78. The molecule has 2 aliphatic rings. The molecule has 1 unspecified atom stereocenters. The van der Waals surface area contributed by atoms with Gasteiger partial charge < -0.3 is 15.3 Å². The van der Waals surface area contributed by atoms with Gasteiger partial charge in [-0.05, 0) is 25.7 Å². The average molecular weight is 262 g/mol. The van der Waals surface area contributed by atoms with Gasteiger partial charge in [0.05, 0.1) is 0 Å². The van der Waals surface area contributed by atoms with E-state index in [-0.39, 0.29) is 18.7 Å². The van der Waals surface area contributed by atoms with Crippen LogP contribution in [0, 0.1) is 0 Å². The van der Waals surface area contributed by atoms with Crippen LogP contribution in [0.3, 0.4) is 0 Å². The van der Waals surface area contributed by atoms with Crippen LogP contribution in [-0.4, -0.2) is 53.0 Å². The monoisotopic (exact) mass is 262 g/mol. The molecule has 0 spiro atoms. The van der Waals surface area contributed by atoms with E-state index in [1.807, 2.05) is 5.32 Å². The summed E-state index contributed by atoms with van der Waals surface area (Å²) in [5.41, 5.74) is -2.25. The minimum absolute atomic E-state index is 0.0913. The first kappa shape index (κ1) is 13.2. The van der Waals surface area contributed by atoms with Gasteiger partial charge in [0.1, 0.15) is 11.6 Å². The van der Waals surface area contributed by atoms with Crippen molar-refractivity contribution in [2.75, 3.05) is 13.6 Å². The van der Waals surface area contributed by atoms with Gasteiger partial charge in [-0.3, -0.25) is 9.59 Å². The zero-order valence-electron chi connectivity index (χ0n) is 10.1. The molecule has 2 N–H and O–H groups in total. The smallest absolute Gasteiger partial charge is 0.352 e. The number of hydrogen-bond acceptors (Lipinski definition) is 3. The summed E-state index contributed by atoms with van der Waals surface area (Å²) in [4.78, 5) is 24.4. The summed E-state index contributed by atoms with van der Waals surface area (Å²) >= 11 is 0. The van der Waals surface area contributed by atoms with E-state index in [4.69, 9.17) is 0 Å². The van der Waals surface area contributed by atoms with E-state index >= 15 is 0 Å². The van der Waals surface area contributed by atoms with Crippen LogP contribution < -0.4 is 5.32 Å². The zero-order valence-corrected chi connectivity index (χ0v) is 10.1.